The van der Waals surface area contributed by atoms with Gasteiger partial charge in [0.1, 0.15) is 6.61 Å². The molecule has 1 aliphatic rings. The Bertz CT molecular complexity index is 1010. The first-order valence-electron chi connectivity index (χ1n) is 8.34. The number of Topliss-reactive ketones (excluding diaryl/α,β-unsaturated/α-hetero) is 2. The van der Waals surface area contributed by atoms with E-state index in [1.807, 2.05) is 0 Å². The minimum absolute atomic E-state index is 0.00149. The van der Waals surface area contributed by atoms with Crippen LogP contribution in [0, 0.1) is 0 Å². The van der Waals surface area contributed by atoms with Crippen molar-refractivity contribution in [1.82, 2.24) is 10.3 Å². The summed E-state index contributed by atoms with van der Waals surface area (Å²) in [6, 6.07) is 1.40. The standard InChI is InChI=1S/C18H20N2O7S/c1-4-10(2)18(23)27-9-13-14-12(5-6-19-13)16(21)11(3)15(17(14)22)20-7-8-28(24,25)26/h4-6,20H,7-9H2,1-3H3,(H,24,25,26). The van der Waals surface area contributed by atoms with E-state index in [2.05, 4.69) is 10.3 Å². The van der Waals surface area contributed by atoms with E-state index in [1.165, 1.54) is 19.2 Å². The fourth-order valence-corrected chi connectivity index (χ4v) is 2.91. The third kappa shape index (κ3) is 4.70. The van der Waals surface area contributed by atoms with Crippen molar-refractivity contribution in [1.29, 1.82) is 0 Å². The van der Waals surface area contributed by atoms with Gasteiger partial charge >= 0.3 is 5.97 Å². The molecule has 1 aliphatic carbocycles. The van der Waals surface area contributed by atoms with Gasteiger partial charge in [0.2, 0.25) is 5.78 Å². The van der Waals surface area contributed by atoms with E-state index in [1.54, 1.807) is 19.9 Å². The molecule has 0 amide bonds. The molecule has 2 rings (SSSR count). The van der Waals surface area contributed by atoms with E-state index in [4.69, 9.17) is 9.29 Å². The van der Waals surface area contributed by atoms with E-state index in [0.717, 1.165) is 0 Å². The van der Waals surface area contributed by atoms with Crippen molar-refractivity contribution >= 4 is 27.7 Å². The Balaban J connectivity index is 2.32. The molecule has 0 spiro atoms. The van der Waals surface area contributed by atoms with Crippen molar-refractivity contribution in [3.8, 4) is 0 Å². The van der Waals surface area contributed by atoms with Gasteiger partial charge < -0.3 is 10.1 Å². The van der Waals surface area contributed by atoms with Gasteiger partial charge in [0.25, 0.3) is 10.1 Å². The third-order valence-electron chi connectivity index (χ3n) is 4.20. The summed E-state index contributed by atoms with van der Waals surface area (Å²) in [5.74, 6) is -2.19. The van der Waals surface area contributed by atoms with Crippen LogP contribution in [-0.2, 0) is 26.3 Å². The second-order valence-electron chi connectivity index (χ2n) is 6.10. The molecule has 9 nitrogen and oxygen atoms in total. The van der Waals surface area contributed by atoms with Crippen LogP contribution in [0.15, 0.2) is 35.2 Å². The molecule has 2 N–H and O–H groups in total. The van der Waals surface area contributed by atoms with Crippen LogP contribution in [0.4, 0.5) is 0 Å². The number of esters is 1. The third-order valence-corrected chi connectivity index (χ3v) is 4.92. The lowest BCUT2D eigenvalue weighted by Gasteiger charge is -2.21. The summed E-state index contributed by atoms with van der Waals surface area (Å²) in [6.07, 6.45) is 2.92. The van der Waals surface area contributed by atoms with E-state index in [9.17, 15) is 22.8 Å². The quantitative estimate of drug-likeness (QED) is 0.387. The van der Waals surface area contributed by atoms with Gasteiger partial charge in [-0.3, -0.25) is 19.1 Å². The minimum Gasteiger partial charge on any atom is -0.456 e. The highest BCUT2D eigenvalue weighted by Gasteiger charge is 2.33. The average molecular weight is 408 g/mol. The van der Waals surface area contributed by atoms with E-state index in [-0.39, 0.29) is 41.2 Å². The summed E-state index contributed by atoms with van der Waals surface area (Å²) < 4.78 is 35.7. The lowest BCUT2D eigenvalue weighted by atomic mass is 9.87. The topological polar surface area (TPSA) is 140 Å². The molecule has 0 bridgehead atoms. The Labute approximate surface area is 162 Å². The van der Waals surface area contributed by atoms with Crippen LogP contribution in [0.25, 0.3) is 0 Å². The van der Waals surface area contributed by atoms with Gasteiger partial charge in [0, 0.05) is 29.5 Å². The van der Waals surface area contributed by atoms with Crippen molar-refractivity contribution in [3.63, 3.8) is 0 Å². The monoisotopic (exact) mass is 408 g/mol. The first-order chi connectivity index (χ1) is 13.1. The predicted octanol–water partition coefficient (Wildman–Crippen LogP) is 1.22. The lowest BCUT2D eigenvalue weighted by Crippen LogP contribution is -2.33. The van der Waals surface area contributed by atoms with Gasteiger partial charge in [-0.25, -0.2) is 4.79 Å². The Morgan fingerprint density at radius 3 is 2.61 bits per heavy atom. The number of ether oxygens (including phenoxy) is 1. The van der Waals surface area contributed by atoms with Crippen molar-refractivity contribution < 1.29 is 32.1 Å². The summed E-state index contributed by atoms with van der Waals surface area (Å²) >= 11 is 0. The van der Waals surface area contributed by atoms with E-state index in [0.29, 0.717) is 5.57 Å². The Hall–Kier alpha value is -2.85. The number of aromatic nitrogens is 1. The molecule has 150 valence electrons. The minimum atomic E-state index is -4.23. The maximum atomic E-state index is 12.9. The molecular weight excluding hydrogens is 388 g/mol. The summed E-state index contributed by atoms with van der Waals surface area (Å²) in [5, 5.41) is 2.59. The fraction of sp³-hybridized carbons (Fsp3) is 0.333. The molecule has 28 heavy (non-hydrogen) atoms. The number of hydrogen-bond donors (Lipinski definition) is 2. The number of rotatable bonds is 7. The summed E-state index contributed by atoms with van der Waals surface area (Å²) in [7, 11) is -4.23. The SMILES string of the molecule is CC=C(C)C(=O)OCc1nccc2c1C(=O)C(NCCS(=O)(=O)O)=C(C)C2=O. The van der Waals surface area contributed by atoms with E-state index >= 15 is 0 Å². The molecule has 0 aliphatic heterocycles. The van der Waals surface area contributed by atoms with Crippen LogP contribution in [0.3, 0.4) is 0 Å². The van der Waals surface area contributed by atoms with Crippen LogP contribution in [0.5, 0.6) is 0 Å². The second kappa shape index (κ2) is 8.44. The van der Waals surface area contributed by atoms with Gasteiger partial charge in [-0.2, -0.15) is 8.42 Å². The van der Waals surface area contributed by atoms with Crippen molar-refractivity contribution in [2.45, 2.75) is 27.4 Å². The molecular formula is C18H20N2O7S. The number of hydrogen-bond acceptors (Lipinski definition) is 8. The van der Waals surface area contributed by atoms with Crippen LogP contribution in [0.1, 0.15) is 47.2 Å². The highest BCUT2D eigenvalue weighted by molar-refractivity contribution is 7.85. The second-order valence-corrected chi connectivity index (χ2v) is 7.67. The number of nitrogens with zero attached hydrogens (tertiary/aromatic N) is 1. The largest absolute Gasteiger partial charge is 0.456 e. The number of nitrogens with one attached hydrogen (secondary N) is 1. The molecule has 0 saturated heterocycles. The number of allylic oxidation sites excluding steroid dienone is 3. The van der Waals surface area contributed by atoms with Crippen molar-refractivity contribution in [2.24, 2.45) is 0 Å². The van der Waals surface area contributed by atoms with Gasteiger partial charge in [0.15, 0.2) is 5.78 Å². The smallest absolute Gasteiger partial charge is 0.333 e. The number of pyridine rings is 1. The summed E-state index contributed by atoms with van der Waals surface area (Å²) in [4.78, 5) is 41.4. The van der Waals surface area contributed by atoms with Crippen molar-refractivity contribution in [2.75, 3.05) is 12.3 Å². The Morgan fingerprint density at radius 1 is 1.32 bits per heavy atom. The summed E-state index contributed by atoms with van der Waals surface area (Å²) in [5.41, 5.74) is 0.674. The lowest BCUT2D eigenvalue weighted by molar-refractivity contribution is -0.140. The number of fused-ring (bicyclic) bond motifs is 1. The zero-order chi connectivity index (χ0) is 21.1. The average Bonchev–Trinajstić information content (AvgIpc) is 2.65. The van der Waals surface area contributed by atoms with Gasteiger partial charge in [-0.05, 0) is 26.8 Å². The molecule has 0 saturated carbocycles. The maximum absolute atomic E-state index is 12.9. The Morgan fingerprint density at radius 2 is 2.00 bits per heavy atom. The molecule has 0 unspecified atom stereocenters. The van der Waals surface area contributed by atoms with Crippen LogP contribution in [0.2, 0.25) is 0 Å². The van der Waals surface area contributed by atoms with Gasteiger partial charge in [0.05, 0.1) is 22.7 Å². The normalized spacial score (nSPS) is 14.8. The highest BCUT2D eigenvalue weighted by Crippen LogP contribution is 2.27. The first kappa shape index (κ1) is 21.5. The molecule has 0 atom stereocenters. The fourth-order valence-electron chi connectivity index (χ4n) is 2.55. The zero-order valence-corrected chi connectivity index (χ0v) is 16.4. The molecule has 0 aromatic carbocycles. The highest BCUT2D eigenvalue weighted by atomic mass is 32.2. The van der Waals surface area contributed by atoms with Crippen LogP contribution in [-0.4, -0.2) is 47.8 Å². The molecule has 10 heteroatoms. The van der Waals surface area contributed by atoms with Gasteiger partial charge in [-0.15, -0.1) is 0 Å². The molecule has 0 radical (unpaired) electrons. The van der Waals surface area contributed by atoms with Crippen molar-refractivity contribution in [3.05, 3.63) is 52.0 Å². The van der Waals surface area contributed by atoms with Gasteiger partial charge in [-0.1, -0.05) is 6.08 Å². The van der Waals surface area contributed by atoms with Crippen LogP contribution < -0.4 is 5.32 Å². The summed E-state index contributed by atoms with van der Waals surface area (Å²) in [6.45, 7) is 4.14. The first-order valence-corrected chi connectivity index (χ1v) is 9.95. The number of carbonyl (C=O) groups excluding carboxylic acids is 3. The molecule has 0 fully saturated rings. The molecule has 1 aromatic rings. The molecule has 1 aromatic heterocycles. The zero-order valence-electron chi connectivity index (χ0n) is 15.6. The number of carbonyl (C=O) groups is 3. The van der Waals surface area contributed by atoms with Crippen LogP contribution >= 0.6 is 0 Å². The Kier molecular flexibility index (Phi) is 6.47. The molecule has 1 heterocycles. The maximum Gasteiger partial charge on any atom is 0.333 e. The predicted molar refractivity (Wildman–Crippen MR) is 99.2 cm³/mol. The van der Waals surface area contributed by atoms with E-state index < -0.39 is 33.4 Å². The number of ketones is 2.